The van der Waals surface area contributed by atoms with Gasteiger partial charge in [0.2, 0.25) is 11.1 Å². The Morgan fingerprint density at radius 3 is 2.18 bits per heavy atom. The molecule has 0 aromatic carbocycles. The minimum Gasteiger partial charge on any atom is -0.380 e. The van der Waals surface area contributed by atoms with Gasteiger partial charge in [-0.3, -0.25) is 0 Å². The molecular formula is C10H20N4O2S. The van der Waals surface area contributed by atoms with E-state index in [1.165, 1.54) is 11.5 Å². The Bertz CT molecular complexity index is 298. The Hall–Kier alpha value is -0.920. The lowest BCUT2D eigenvalue weighted by Gasteiger charge is -2.20. The van der Waals surface area contributed by atoms with Crippen molar-refractivity contribution < 1.29 is 9.47 Å². The number of aromatic nitrogens is 2. The molecule has 1 heterocycles. The van der Waals surface area contributed by atoms with Crippen molar-refractivity contribution in [1.29, 1.82) is 0 Å². The second-order valence-corrected chi connectivity index (χ2v) is 4.05. The van der Waals surface area contributed by atoms with Crippen LogP contribution < -0.4 is 10.6 Å². The molecule has 0 radical (unpaired) electrons. The largest absolute Gasteiger partial charge is 0.380 e. The average molecular weight is 260 g/mol. The van der Waals surface area contributed by atoms with Gasteiger partial charge in [0.15, 0.2) is 0 Å². The van der Waals surface area contributed by atoms with E-state index in [4.69, 9.17) is 15.2 Å². The average Bonchev–Trinajstić information content (AvgIpc) is 2.74. The third kappa shape index (κ3) is 5.29. The van der Waals surface area contributed by atoms with Crippen LogP contribution >= 0.6 is 11.5 Å². The maximum absolute atomic E-state index is 5.53. The molecule has 0 spiro atoms. The fourth-order valence-electron chi connectivity index (χ4n) is 1.30. The third-order valence-electron chi connectivity index (χ3n) is 2.12. The van der Waals surface area contributed by atoms with Gasteiger partial charge in [0.25, 0.3) is 0 Å². The van der Waals surface area contributed by atoms with E-state index < -0.39 is 0 Å². The summed E-state index contributed by atoms with van der Waals surface area (Å²) in [6.07, 6.45) is 0. The van der Waals surface area contributed by atoms with Crippen molar-refractivity contribution in [1.82, 2.24) is 9.36 Å². The Morgan fingerprint density at radius 2 is 1.76 bits per heavy atom. The normalized spacial score (nSPS) is 10.7. The first-order chi connectivity index (χ1) is 8.27. The monoisotopic (exact) mass is 260 g/mol. The SMILES string of the molecule is CCOCCN(CCOCC)c1nc(N)ns1. The fraction of sp³-hybridized carbons (Fsp3) is 0.800. The fourth-order valence-corrected chi connectivity index (χ4v) is 1.94. The molecule has 0 aliphatic heterocycles. The maximum atomic E-state index is 5.53. The predicted octanol–water partition coefficient (Wildman–Crippen LogP) is 1.000. The molecule has 7 heteroatoms. The molecule has 17 heavy (non-hydrogen) atoms. The lowest BCUT2D eigenvalue weighted by Crippen LogP contribution is -2.31. The van der Waals surface area contributed by atoms with Crippen molar-refractivity contribution in [2.24, 2.45) is 0 Å². The van der Waals surface area contributed by atoms with Crippen LogP contribution in [0, 0.1) is 0 Å². The summed E-state index contributed by atoms with van der Waals surface area (Å²) < 4.78 is 14.7. The smallest absolute Gasteiger partial charge is 0.233 e. The number of hydrogen-bond acceptors (Lipinski definition) is 7. The van der Waals surface area contributed by atoms with Crippen LogP contribution in [0.4, 0.5) is 11.1 Å². The van der Waals surface area contributed by atoms with E-state index in [1.54, 1.807) is 0 Å². The molecule has 0 amide bonds. The Labute approximate surface area is 106 Å². The van der Waals surface area contributed by atoms with E-state index >= 15 is 0 Å². The van der Waals surface area contributed by atoms with Crippen LogP contribution in [-0.2, 0) is 9.47 Å². The minimum absolute atomic E-state index is 0.322. The summed E-state index contributed by atoms with van der Waals surface area (Å²) in [5, 5.41) is 0.821. The van der Waals surface area contributed by atoms with Crippen LogP contribution in [0.2, 0.25) is 0 Å². The molecule has 0 saturated carbocycles. The Balaban J connectivity index is 2.46. The van der Waals surface area contributed by atoms with Crippen LogP contribution in [0.1, 0.15) is 13.8 Å². The van der Waals surface area contributed by atoms with Gasteiger partial charge in [0.1, 0.15) is 0 Å². The van der Waals surface area contributed by atoms with Crippen molar-refractivity contribution in [2.75, 3.05) is 50.2 Å². The van der Waals surface area contributed by atoms with Gasteiger partial charge in [-0.05, 0) is 13.8 Å². The van der Waals surface area contributed by atoms with Gasteiger partial charge in [0.05, 0.1) is 13.2 Å². The zero-order valence-electron chi connectivity index (χ0n) is 10.4. The highest BCUT2D eigenvalue weighted by Gasteiger charge is 2.11. The number of anilines is 2. The molecule has 0 aliphatic carbocycles. The summed E-state index contributed by atoms with van der Waals surface area (Å²) in [6.45, 7) is 8.28. The van der Waals surface area contributed by atoms with E-state index in [2.05, 4.69) is 14.3 Å². The standard InChI is InChI=1S/C10H20N4O2S/c1-3-15-7-5-14(6-8-16-4-2)10-12-9(11)13-17-10/h3-8H2,1-2H3,(H2,11,13). The molecular weight excluding hydrogens is 240 g/mol. The van der Waals surface area contributed by atoms with E-state index in [0.29, 0.717) is 19.2 Å². The molecule has 1 aromatic heterocycles. The maximum Gasteiger partial charge on any atom is 0.233 e. The van der Waals surface area contributed by atoms with Crippen molar-refractivity contribution in [3.05, 3.63) is 0 Å². The summed E-state index contributed by atoms with van der Waals surface area (Å²) in [5.74, 6) is 0.322. The number of nitrogens with two attached hydrogens (primary N) is 1. The highest BCUT2D eigenvalue weighted by atomic mass is 32.1. The number of hydrogen-bond donors (Lipinski definition) is 1. The summed E-state index contributed by atoms with van der Waals surface area (Å²) in [7, 11) is 0. The molecule has 0 atom stereocenters. The van der Waals surface area contributed by atoms with E-state index in [-0.39, 0.29) is 0 Å². The van der Waals surface area contributed by atoms with Crippen LogP contribution in [0.25, 0.3) is 0 Å². The summed E-state index contributed by atoms with van der Waals surface area (Å²) in [6, 6.07) is 0. The third-order valence-corrected chi connectivity index (χ3v) is 2.91. The molecule has 0 bridgehead atoms. The number of nitrogen functional groups attached to an aromatic ring is 1. The highest BCUT2D eigenvalue weighted by molar-refractivity contribution is 7.09. The zero-order valence-corrected chi connectivity index (χ0v) is 11.2. The predicted molar refractivity (Wildman–Crippen MR) is 69.5 cm³/mol. The van der Waals surface area contributed by atoms with Crippen molar-refractivity contribution >= 4 is 22.6 Å². The number of nitrogens with zero attached hydrogens (tertiary/aromatic N) is 3. The first-order valence-corrected chi connectivity index (χ1v) is 6.54. The molecule has 1 rings (SSSR count). The quantitative estimate of drug-likeness (QED) is 0.668. The number of rotatable bonds is 9. The Morgan fingerprint density at radius 1 is 1.18 bits per heavy atom. The van der Waals surface area contributed by atoms with Crippen LogP contribution in [0.3, 0.4) is 0 Å². The lowest BCUT2D eigenvalue weighted by atomic mass is 10.5. The van der Waals surface area contributed by atoms with Gasteiger partial charge in [-0.1, -0.05) is 0 Å². The van der Waals surface area contributed by atoms with E-state index in [0.717, 1.165) is 31.4 Å². The molecule has 0 saturated heterocycles. The van der Waals surface area contributed by atoms with Gasteiger partial charge in [0, 0.05) is 37.8 Å². The van der Waals surface area contributed by atoms with Crippen molar-refractivity contribution in [3.8, 4) is 0 Å². The first kappa shape index (κ1) is 14.1. The van der Waals surface area contributed by atoms with Crippen LogP contribution in [0.5, 0.6) is 0 Å². The summed E-state index contributed by atoms with van der Waals surface area (Å²) >= 11 is 1.30. The first-order valence-electron chi connectivity index (χ1n) is 5.77. The second-order valence-electron chi connectivity index (χ2n) is 3.32. The summed E-state index contributed by atoms with van der Waals surface area (Å²) in [5.41, 5.74) is 5.53. The van der Waals surface area contributed by atoms with Gasteiger partial charge in [-0.15, -0.1) is 0 Å². The van der Waals surface area contributed by atoms with E-state index in [1.807, 2.05) is 13.8 Å². The molecule has 6 nitrogen and oxygen atoms in total. The van der Waals surface area contributed by atoms with Crippen molar-refractivity contribution in [2.45, 2.75) is 13.8 Å². The molecule has 98 valence electrons. The van der Waals surface area contributed by atoms with E-state index in [9.17, 15) is 0 Å². The molecule has 0 unspecified atom stereocenters. The van der Waals surface area contributed by atoms with Gasteiger partial charge < -0.3 is 20.1 Å². The van der Waals surface area contributed by atoms with Crippen molar-refractivity contribution in [3.63, 3.8) is 0 Å². The zero-order chi connectivity index (χ0) is 12.5. The second kappa shape index (κ2) is 8.21. The number of ether oxygens (including phenoxy) is 2. The molecule has 1 aromatic rings. The summed E-state index contributed by atoms with van der Waals surface area (Å²) in [4.78, 5) is 6.25. The van der Waals surface area contributed by atoms with Gasteiger partial charge in [-0.25, -0.2) is 0 Å². The molecule has 2 N–H and O–H groups in total. The molecule has 0 aliphatic rings. The Kier molecular flexibility index (Phi) is 6.83. The van der Waals surface area contributed by atoms with Gasteiger partial charge >= 0.3 is 0 Å². The topological polar surface area (TPSA) is 73.5 Å². The van der Waals surface area contributed by atoms with Gasteiger partial charge in [-0.2, -0.15) is 9.36 Å². The highest BCUT2D eigenvalue weighted by Crippen LogP contribution is 2.17. The van der Waals surface area contributed by atoms with Crippen LogP contribution in [0.15, 0.2) is 0 Å². The minimum atomic E-state index is 0.322. The lowest BCUT2D eigenvalue weighted by molar-refractivity contribution is 0.141. The molecule has 0 fully saturated rings. The van der Waals surface area contributed by atoms with Crippen LogP contribution in [-0.4, -0.2) is 48.9 Å².